The van der Waals surface area contributed by atoms with Crippen LogP contribution in [0, 0.1) is 5.92 Å². The molecule has 2 aromatic rings. The average molecular weight is 375 g/mol. The monoisotopic (exact) mass is 374 g/mol. The first-order chi connectivity index (χ1) is 12.4. The lowest BCUT2D eigenvalue weighted by Crippen LogP contribution is -2.26. The molecule has 1 heterocycles. The molecule has 0 aliphatic heterocycles. The minimum Gasteiger partial charge on any atom is -0.336 e. The summed E-state index contributed by atoms with van der Waals surface area (Å²) in [6, 6.07) is 9.00. The molecular weight excluding hydrogens is 352 g/mol. The van der Waals surface area contributed by atoms with E-state index in [4.69, 9.17) is 11.6 Å². The second-order valence-electron chi connectivity index (χ2n) is 6.80. The number of benzene rings is 1. The van der Waals surface area contributed by atoms with Crippen molar-refractivity contribution in [3.63, 3.8) is 0 Å². The summed E-state index contributed by atoms with van der Waals surface area (Å²) in [5.74, 6) is 0.428. The molecule has 1 aromatic carbocycles. The van der Waals surface area contributed by atoms with E-state index in [2.05, 4.69) is 10.4 Å². The maximum atomic E-state index is 12.6. The largest absolute Gasteiger partial charge is 0.336 e. The molecule has 0 atom stereocenters. The first-order valence-electron chi connectivity index (χ1n) is 8.79. The van der Waals surface area contributed by atoms with Gasteiger partial charge in [0.1, 0.15) is 5.82 Å². The van der Waals surface area contributed by atoms with Gasteiger partial charge >= 0.3 is 0 Å². The van der Waals surface area contributed by atoms with E-state index in [0.717, 1.165) is 31.2 Å². The number of aromatic nitrogens is 2. The van der Waals surface area contributed by atoms with E-state index in [1.807, 2.05) is 12.1 Å². The molecule has 2 amide bonds. The highest BCUT2D eigenvalue weighted by atomic mass is 35.5. The Morgan fingerprint density at radius 2 is 1.92 bits per heavy atom. The maximum absolute atomic E-state index is 12.6. The number of nitrogens with one attached hydrogen (secondary N) is 1. The van der Waals surface area contributed by atoms with E-state index in [-0.39, 0.29) is 17.7 Å². The molecule has 1 aliphatic rings. The minimum absolute atomic E-state index is 0.0130. The highest BCUT2D eigenvalue weighted by Gasteiger charge is 2.24. The lowest BCUT2D eigenvalue weighted by atomic mass is 10.1. The van der Waals surface area contributed by atoms with Gasteiger partial charge in [-0.15, -0.1) is 0 Å². The highest BCUT2D eigenvalue weighted by molar-refractivity contribution is 6.30. The molecule has 3 rings (SSSR count). The molecule has 1 fully saturated rings. The van der Waals surface area contributed by atoms with Crippen LogP contribution in [0.4, 0.5) is 5.82 Å². The van der Waals surface area contributed by atoms with Gasteiger partial charge in [0, 0.05) is 37.6 Å². The van der Waals surface area contributed by atoms with Crippen molar-refractivity contribution in [1.82, 2.24) is 14.7 Å². The quantitative estimate of drug-likeness (QED) is 0.871. The van der Waals surface area contributed by atoms with E-state index < -0.39 is 0 Å². The third-order valence-corrected chi connectivity index (χ3v) is 5.01. The average Bonchev–Trinajstić information content (AvgIpc) is 3.27. The van der Waals surface area contributed by atoms with E-state index in [9.17, 15) is 9.59 Å². The molecule has 7 heteroatoms. The zero-order valence-corrected chi connectivity index (χ0v) is 15.8. The molecule has 1 N–H and O–H groups in total. The summed E-state index contributed by atoms with van der Waals surface area (Å²) in [5.41, 5.74) is 1.29. The van der Waals surface area contributed by atoms with Gasteiger partial charge in [-0.1, -0.05) is 36.6 Å². The fraction of sp³-hybridized carbons (Fsp3) is 0.421. The van der Waals surface area contributed by atoms with Crippen LogP contribution in [0.25, 0.3) is 0 Å². The van der Waals surface area contributed by atoms with Gasteiger partial charge in [-0.05, 0) is 30.5 Å². The standard InChI is InChI=1S/C19H23ClN4O2/c1-23(12-13-7-9-15(20)10-8-13)19(26)16-11-17(24(2)22-16)21-18(25)14-5-3-4-6-14/h7-11,14H,3-6,12H2,1-2H3,(H,21,25). The molecule has 1 saturated carbocycles. The Kier molecular flexibility index (Phi) is 5.61. The summed E-state index contributed by atoms with van der Waals surface area (Å²) in [4.78, 5) is 26.5. The number of rotatable bonds is 5. The first-order valence-corrected chi connectivity index (χ1v) is 9.16. The molecule has 0 radical (unpaired) electrons. The normalized spacial score (nSPS) is 14.4. The van der Waals surface area contributed by atoms with Gasteiger partial charge in [0.05, 0.1) is 0 Å². The lowest BCUT2D eigenvalue weighted by Gasteiger charge is -2.15. The lowest BCUT2D eigenvalue weighted by molar-refractivity contribution is -0.119. The molecule has 0 spiro atoms. The van der Waals surface area contributed by atoms with Gasteiger partial charge in [0.2, 0.25) is 5.91 Å². The summed E-state index contributed by atoms with van der Waals surface area (Å²) in [5, 5.41) is 7.82. The van der Waals surface area contributed by atoms with Crippen molar-refractivity contribution in [2.45, 2.75) is 32.2 Å². The number of carbonyl (C=O) groups is 2. The van der Waals surface area contributed by atoms with Crippen LogP contribution in [0.5, 0.6) is 0 Å². The number of nitrogens with zero attached hydrogens (tertiary/aromatic N) is 3. The minimum atomic E-state index is -0.197. The van der Waals surface area contributed by atoms with Crippen LogP contribution in [-0.4, -0.2) is 33.5 Å². The van der Waals surface area contributed by atoms with Crippen molar-refractivity contribution in [2.24, 2.45) is 13.0 Å². The van der Waals surface area contributed by atoms with Crippen LogP contribution in [0.1, 0.15) is 41.7 Å². The third kappa shape index (κ3) is 4.25. The molecule has 1 aromatic heterocycles. The van der Waals surface area contributed by atoms with Crippen LogP contribution in [0.2, 0.25) is 5.02 Å². The predicted octanol–water partition coefficient (Wildman–Crippen LogP) is 3.47. The Hall–Kier alpha value is -2.34. The fourth-order valence-electron chi connectivity index (χ4n) is 3.24. The molecule has 26 heavy (non-hydrogen) atoms. The molecule has 0 saturated heterocycles. The number of hydrogen-bond donors (Lipinski definition) is 1. The Bertz CT molecular complexity index is 794. The fourth-order valence-corrected chi connectivity index (χ4v) is 3.36. The third-order valence-electron chi connectivity index (χ3n) is 4.76. The SMILES string of the molecule is CN(Cc1ccc(Cl)cc1)C(=O)c1cc(NC(=O)C2CCCC2)n(C)n1. The number of anilines is 1. The van der Waals surface area contributed by atoms with E-state index in [1.54, 1.807) is 37.2 Å². The zero-order chi connectivity index (χ0) is 18.7. The van der Waals surface area contributed by atoms with Gasteiger partial charge in [-0.2, -0.15) is 5.10 Å². The van der Waals surface area contributed by atoms with E-state index in [1.165, 1.54) is 4.68 Å². The second-order valence-corrected chi connectivity index (χ2v) is 7.23. The number of amides is 2. The number of carbonyl (C=O) groups excluding carboxylic acids is 2. The van der Waals surface area contributed by atoms with Crippen molar-refractivity contribution in [1.29, 1.82) is 0 Å². The molecule has 6 nitrogen and oxygen atoms in total. The van der Waals surface area contributed by atoms with Crippen LogP contribution in [0.3, 0.4) is 0 Å². The topological polar surface area (TPSA) is 67.2 Å². The zero-order valence-electron chi connectivity index (χ0n) is 15.0. The Labute approximate surface area is 158 Å². The second kappa shape index (κ2) is 7.91. The van der Waals surface area contributed by atoms with E-state index in [0.29, 0.717) is 23.1 Å². The van der Waals surface area contributed by atoms with Crippen molar-refractivity contribution < 1.29 is 9.59 Å². The first kappa shape index (κ1) is 18.5. The molecule has 0 bridgehead atoms. The highest BCUT2D eigenvalue weighted by Crippen LogP contribution is 2.26. The Balaban J connectivity index is 1.65. The summed E-state index contributed by atoms with van der Waals surface area (Å²) in [6.07, 6.45) is 4.06. The van der Waals surface area contributed by atoms with Crippen molar-refractivity contribution in [2.75, 3.05) is 12.4 Å². The molecule has 1 aliphatic carbocycles. The van der Waals surface area contributed by atoms with Crippen LogP contribution >= 0.6 is 11.6 Å². The van der Waals surface area contributed by atoms with Gasteiger partial charge < -0.3 is 10.2 Å². The van der Waals surface area contributed by atoms with Crippen molar-refractivity contribution in [3.05, 3.63) is 46.6 Å². The smallest absolute Gasteiger partial charge is 0.274 e. The van der Waals surface area contributed by atoms with Gasteiger partial charge in [-0.3, -0.25) is 14.3 Å². The number of halogens is 1. The predicted molar refractivity (Wildman–Crippen MR) is 101 cm³/mol. The van der Waals surface area contributed by atoms with Gasteiger partial charge in [0.15, 0.2) is 5.69 Å². The molecule has 138 valence electrons. The summed E-state index contributed by atoms with van der Waals surface area (Å²) in [6.45, 7) is 0.455. The summed E-state index contributed by atoms with van der Waals surface area (Å²) < 4.78 is 1.54. The number of aryl methyl sites for hydroxylation is 1. The Morgan fingerprint density at radius 1 is 1.27 bits per heavy atom. The number of hydrogen-bond acceptors (Lipinski definition) is 3. The molecular formula is C19H23ClN4O2. The van der Waals surface area contributed by atoms with Gasteiger partial charge in [-0.25, -0.2) is 0 Å². The van der Waals surface area contributed by atoms with Gasteiger partial charge in [0.25, 0.3) is 5.91 Å². The molecule has 0 unspecified atom stereocenters. The van der Waals surface area contributed by atoms with Crippen LogP contribution < -0.4 is 5.32 Å². The van der Waals surface area contributed by atoms with E-state index >= 15 is 0 Å². The van der Waals surface area contributed by atoms with Crippen LogP contribution in [-0.2, 0) is 18.4 Å². The van der Waals surface area contributed by atoms with Crippen molar-refractivity contribution in [3.8, 4) is 0 Å². The maximum Gasteiger partial charge on any atom is 0.274 e. The van der Waals surface area contributed by atoms with Crippen molar-refractivity contribution >= 4 is 29.2 Å². The summed E-state index contributed by atoms with van der Waals surface area (Å²) >= 11 is 5.89. The van der Waals surface area contributed by atoms with Crippen LogP contribution in [0.15, 0.2) is 30.3 Å². The summed E-state index contributed by atoms with van der Waals surface area (Å²) in [7, 11) is 3.45. The Morgan fingerprint density at radius 3 is 2.58 bits per heavy atom.